The Balaban J connectivity index is 1.85. The van der Waals surface area contributed by atoms with E-state index in [1.807, 2.05) is 60.7 Å². The van der Waals surface area contributed by atoms with Crippen LogP contribution in [0, 0.1) is 0 Å². The smallest absolute Gasteiger partial charge is 0.415 e. The molecule has 2 aliphatic rings. The first-order chi connectivity index (χ1) is 16.1. The van der Waals surface area contributed by atoms with Gasteiger partial charge in [-0.05, 0) is 39.7 Å². The van der Waals surface area contributed by atoms with Crippen molar-refractivity contribution in [3.8, 4) is 11.5 Å². The number of nitrogens with zero attached hydrogens (tertiary/aromatic N) is 2. The van der Waals surface area contributed by atoms with E-state index < -0.39 is 0 Å². The highest BCUT2D eigenvalue weighted by molar-refractivity contribution is 9.10. The first-order valence-electron chi connectivity index (χ1n) is 10.6. The van der Waals surface area contributed by atoms with E-state index in [4.69, 9.17) is 14.2 Å². The van der Waals surface area contributed by atoms with Gasteiger partial charge in [-0.15, -0.1) is 0 Å². The first-order valence-corrected chi connectivity index (χ1v) is 11.4. The number of para-hydroxylation sites is 1. The third-order valence-corrected chi connectivity index (χ3v) is 6.77. The monoisotopic (exact) mass is 506 g/mol. The molecule has 1 atom stereocenters. The largest absolute Gasteiger partial charge is 0.496 e. The topological polar surface area (TPSA) is 51.2 Å². The molecule has 0 aromatic heterocycles. The van der Waals surface area contributed by atoms with Gasteiger partial charge in [-0.1, -0.05) is 48.5 Å². The minimum absolute atomic E-state index is 0.255. The fourth-order valence-corrected chi connectivity index (χ4v) is 5.08. The zero-order valence-corrected chi connectivity index (χ0v) is 19.9. The van der Waals surface area contributed by atoms with Crippen molar-refractivity contribution in [3.63, 3.8) is 0 Å². The van der Waals surface area contributed by atoms with Gasteiger partial charge in [0.25, 0.3) is 0 Å². The summed E-state index contributed by atoms with van der Waals surface area (Å²) >= 11 is 3.74. The molecule has 1 amide bonds. The minimum atomic E-state index is -0.358. The Bertz CT molecular complexity index is 1210. The van der Waals surface area contributed by atoms with Crippen LogP contribution in [-0.2, 0) is 4.74 Å². The number of fused-ring (bicyclic) bond motifs is 1. The van der Waals surface area contributed by atoms with Crippen molar-refractivity contribution in [1.29, 1.82) is 0 Å². The van der Waals surface area contributed by atoms with Crippen LogP contribution in [0.3, 0.4) is 0 Å². The van der Waals surface area contributed by atoms with Gasteiger partial charge in [0.1, 0.15) is 23.9 Å². The Labute approximate surface area is 201 Å². The van der Waals surface area contributed by atoms with Crippen molar-refractivity contribution in [2.75, 3.05) is 32.3 Å². The highest BCUT2D eigenvalue weighted by Gasteiger charge is 2.40. The lowest BCUT2D eigenvalue weighted by Gasteiger charge is -2.42. The summed E-state index contributed by atoms with van der Waals surface area (Å²) in [5.74, 6) is 2.10. The summed E-state index contributed by atoms with van der Waals surface area (Å²) in [5.41, 5.74) is 3.91. The van der Waals surface area contributed by atoms with E-state index in [1.54, 1.807) is 19.1 Å². The molecule has 0 N–H and O–H groups in total. The molecular formula is C26H23BrN2O4. The molecule has 1 saturated heterocycles. The van der Waals surface area contributed by atoms with Crippen LogP contribution in [0.1, 0.15) is 22.7 Å². The highest BCUT2D eigenvalue weighted by Crippen LogP contribution is 2.50. The van der Waals surface area contributed by atoms with Gasteiger partial charge in [0.15, 0.2) is 0 Å². The van der Waals surface area contributed by atoms with Gasteiger partial charge < -0.3 is 19.1 Å². The van der Waals surface area contributed by atoms with Crippen LogP contribution in [0.15, 0.2) is 77.0 Å². The van der Waals surface area contributed by atoms with Gasteiger partial charge >= 0.3 is 6.09 Å². The van der Waals surface area contributed by atoms with E-state index in [0.29, 0.717) is 24.7 Å². The van der Waals surface area contributed by atoms with E-state index in [1.165, 1.54) is 0 Å². The molecule has 168 valence electrons. The molecule has 0 aliphatic carbocycles. The average Bonchev–Trinajstić information content (AvgIpc) is 3.30. The second kappa shape index (κ2) is 8.83. The average molecular weight is 507 g/mol. The van der Waals surface area contributed by atoms with E-state index in [-0.39, 0.29) is 12.1 Å². The maximum Gasteiger partial charge on any atom is 0.415 e. The summed E-state index contributed by atoms with van der Waals surface area (Å²) in [6.45, 7) is 0.827. The Morgan fingerprint density at radius 2 is 1.64 bits per heavy atom. The van der Waals surface area contributed by atoms with Gasteiger partial charge in [-0.2, -0.15) is 0 Å². The predicted octanol–water partition coefficient (Wildman–Crippen LogP) is 5.83. The van der Waals surface area contributed by atoms with Crippen LogP contribution in [0.2, 0.25) is 0 Å². The molecule has 0 saturated carbocycles. The molecule has 1 fully saturated rings. The van der Waals surface area contributed by atoms with Gasteiger partial charge in [-0.3, -0.25) is 4.90 Å². The minimum Gasteiger partial charge on any atom is -0.496 e. The van der Waals surface area contributed by atoms with Gasteiger partial charge in [0.05, 0.1) is 31.3 Å². The fourth-order valence-electron chi connectivity index (χ4n) is 4.47. The SMILES string of the molecule is COc1cc(OC)c2c(c1Br)C=C(N1CCOC1=O)N(c1ccccc1)C2c1ccccc1. The molecule has 0 radical (unpaired) electrons. The summed E-state index contributed by atoms with van der Waals surface area (Å²) in [6.07, 6.45) is 1.65. The number of rotatable bonds is 5. The zero-order valence-electron chi connectivity index (χ0n) is 18.3. The third-order valence-electron chi connectivity index (χ3n) is 5.95. The standard InChI is InChI=1S/C26H23BrN2O4/c1-31-20-16-21(32-2)24(27)19-15-22(28-13-14-33-26(28)30)29(18-11-7-4-8-12-18)25(23(19)20)17-9-5-3-6-10-17/h3-12,15-16,25H,13-14H2,1-2H3. The molecule has 0 spiro atoms. The lowest BCUT2D eigenvalue weighted by molar-refractivity contribution is 0.163. The third kappa shape index (κ3) is 3.62. The summed E-state index contributed by atoms with van der Waals surface area (Å²) in [4.78, 5) is 16.6. The van der Waals surface area contributed by atoms with E-state index in [9.17, 15) is 4.79 Å². The number of ether oxygens (including phenoxy) is 3. The number of carbonyl (C=O) groups excluding carboxylic acids is 1. The summed E-state index contributed by atoms with van der Waals surface area (Å²) in [7, 11) is 3.29. The molecule has 3 aromatic carbocycles. The number of anilines is 1. The first kappa shape index (κ1) is 21.4. The quantitative estimate of drug-likeness (QED) is 0.435. The molecule has 5 rings (SSSR count). The van der Waals surface area contributed by atoms with Crippen molar-refractivity contribution in [2.24, 2.45) is 0 Å². The van der Waals surface area contributed by atoms with E-state index >= 15 is 0 Å². The molecule has 7 heteroatoms. The second-order valence-electron chi connectivity index (χ2n) is 7.71. The second-order valence-corrected chi connectivity index (χ2v) is 8.50. The molecule has 33 heavy (non-hydrogen) atoms. The maximum absolute atomic E-state index is 12.7. The fraction of sp³-hybridized carbons (Fsp3) is 0.192. The summed E-state index contributed by atoms with van der Waals surface area (Å²) in [5, 5.41) is 0. The number of carbonyl (C=O) groups is 1. The number of hydrogen-bond donors (Lipinski definition) is 0. The van der Waals surface area contributed by atoms with Gasteiger partial charge in [-0.25, -0.2) is 4.79 Å². The van der Waals surface area contributed by atoms with Crippen LogP contribution < -0.4 is 14.4 Å². The molecular weight excluding hydrogens is 484 g/mol. The molecule has 2 aliphatic heterocycles. The number of cyclic esters (lactones) is 1. The zero-order chi connectivity index (χ0) is 22.9. The lowest BCUT2D eigenvalue weighted by atomic mass is 9.88. The number of halogens is 1. The van der Waals surface area contributed by atoms with Crippen molar-refractivity contribution < 1.29 is 19.0 Å². The lowest BCUT2D eigenvalue weighted by Crippen LogP contribution is -2.41. The summed E-state index contributed by atoms with van der Waals surface area (Å²) in [6, 6.07) is 21.9. The van der Waals surface area contributed by atoms with Crippen LogP contribution in [0.5, 0.6) is 11.5 Å². The van der Waals surface area contributed by atoms with Crippen molar-refractivity contribution in [2.45, 2.75) is 6.04 Å². The van der Waals surface area contributed by atoms with Gasteiger partial charge in [0.2, 0.25) is 0 Å². The van der Waals surface area contributed by atoms with E-state index in [0.717, 1.165) is 32.7 Å². The van der Waals surface area contributed by atoms with Crippen LogP contribution in [0.4, 0.5) is 10.5 Å². The number of amides is 1. The Morgan fingerprint density at radius 3 is 2.24 bits per heavy atom. The van der Waals surface area contributed by atoms with Gasteiger partial charge in [0, 0.05) is 22.9 Å². The Hall–Kier alpha value is -3.45. The number of methoxy groups -OCH3 is 2. The molecule has 3 aromatic rings. The van der Waals surface area contributed by atoms with E-state index in [2.05, 4.69) is 33.0 Å². The maximum atomic E-state index is 12.7. The molecule has 1 unspecified atom stereocenters. The van der Waals surface area contributed by atoms with Crippen molar-refractivity contribution in [3.05, 3.63) is 93.7 Å². The van der Waals surface area contributed by atoms with Crippen LogP contribution >= 0.6 is 15.9 Å². The van der Waals surface area contributed by atoms with Crippen molar-refractivity contribution >= 4 is 33.8 Å². The van der Waals surface area contributed by atoms with Crippen LogP contribution in [0.25, 0.3) is 6.08 Å². The highest BCUT2D eigenvalue weighted by atomic mass is 79.9. The number of benzene rings is 3. The van der Waals surface area contributed by atoms with Crippen LogP contribution in [-0.4, -0.2) is 38.4 Å². The molecule has 6 nitrogen and oxygen atoms in total. The Morgan fingerprint density at radius 1 is 0.970 bits per heavy atom. The summed E-state index contributed by atoms with van der Waals surface area (Å²) < 4.78 is 17.6. The molecule has 0 bridgehead atoms. The predicted molar refractivity (Wildman–Crippen MR) is 130 cm³/mol. The number of hydrogen-bond acceptors (Lipinski definition) is 5. The molecule has 2 heterocycles. The normalized spacial score (nSPS) is 17.4. The Kier molecular flexibility index (Phi) is 5.72. The van der Waals surface area contributed by atoms with Crippen molar-refractivity contribution in [1.82, 2.24) is 4.90 Å².